The van der Waals surface area contributed by atoms with Gasteiger partial charge in [0.1, 0.15) is 0 Å². The molecule has 0 saturated carbocycles. The van der Waals surface area contributed by atoms with Gasteiger partial charge in [0.2, 0.25) is 0 Å². The van der Waals surface area contributed by atoms with Crippen molar-refractivity contribution in [1.29, 1.82) is 5.26 Å². The van der Waals surface area contributed by atoms with Crippen LogP contribution in [0.2, 0.25) is 0 Å². The number of aliphatic imine (C=N–C) groups is 1. The zero-order valence-corrected chi connectivity index (χ0v) is 4.02. The first-order chi connectivity index (χ1) is 3.31. The van der Waals surface area contributed by atoms with Crippen LogP contribution in [0, 0.1) is 11.3 Å². The molecule has 0 aliphatic carbocycles. The van der Waals surface area contributed by atoms with Gasteiger partial charge in [-0.25, -0.2) is 0 Å². The van der Waals surface area contributed by atoms with Crippen LogP contribution in [0.5, 0.6) is 0 Å². The van der Waals surface area contributed by atoms with E-state index in [4.69, 9.17) is 5.26 Å². The predicted molar refractivity (Wildman–Crippen MR) is 29.2 cm³/mol. The molecule has 0 aromatic rings. The molecule has 7 heavy (non-hydrogen) atoms. The summed E-state index contributed by atoms with van der Waals surface area (Å²) in [5, 5.41) is 8.03. The summed E-state index contributed by atoms with van der Waals surface area (Å²) in [5.41, 5.74) is 0.454. The van der Waals surface area contributed by atoms with E-state index in [0.29, 0.717) is 12.1 Å². The first-order valence-corrected chi connectivity index (χ1v) is 1.81. The van der Waals surface area contributed by atoms with Crippen molar-refractivity contribution in [3.8, 4) is 6.07 Å². The minimum atomic E-state index is 0.358. The first-order valence-electron chi connectivity index (χ1n) is 1.81. The third-order valence-electron chi connectivity index (χ3n) is 0.461. The molecule has 0 saturated heterocycles. The zero-order chi connectivity index (χ0) is 5.70. The summed E-state index contributed by atoms with van der Waals surface area (Å²) in [4.78, 5) is 3.43. The smallest absolute Gasteiger partial charge is 0.0960 e. The molecule has 0 aliphatic rings. The van der Waals surface area contributed by atoms with Crippen molar-refractivity contribution in [1.82, 2.24) is 0 Å². The molecule has 0 rings (SSSR count). The fourth-order valence-corrected chi connectivity index (χ4v) is 0.170. The maximum Gasteiger partial charge on any atom is 0.0960 e. The summed E-state index contributed by atoms with van der Waals surface area (Å²) >= 11 is 0. The third kappa shape index (κ3) is 2.71. The van der Waals surface area contributed by atoms with Gasteiger partial charge in [0.25, 0.3) is 0 Å². The van der Waals surface area contributed by atoms with Crippen LogP contribution in [0.3, 0.4) is 0 Å². The van der Waals surface area contributed by atoms with E-state index in [0.717, 1.165) is 0 Å². The Morgan fingerprint density at radius 1 is 1.86 bits per heavy atom. The van der Waals surface area contributed by atoms with Gasteiger partial charge in [0, 0.05) is 5.57 Å². The van der Waals surface area contributed by atoms with Crippen molar-refractivity contribution in [2.75, 3.05) is 6.54 Å². The van der Waals surface area contributed by atoms with Gasteiger partial charge in [-0.2, -0.15) is 5.26 Å². The quantitative estimate of drug-likeness (QED) is 0.367. The minimum absolute atomic E-state index is 0.358. The van der Waals surface area contributed by atoms with Crippen LogP contribution in [-0.4, -0.2) is 13.3 Å². The highest BCUT2D eigenvalue weighted by Crippen LogP contribution is 1.83. The summed E-state index contributed by atoms with van der Waals surface area (Å²) in [6.07, 6.45) is 0. The van der Waals surface area contributed by atoms with Gasteiger partial charge in [-0.05, 0) is 6.72 Å². The highest BCUT2D eigenvalue weighted by atomic mass is 14.7. The first kappa shape index (κ1) is 5.90. The Balaban J connectivity index is 3.43. The van der Waals surface area contributed by atoms with Crippen LogP contribution in [0.4, 0.5) is 0 Å². The van der Waals surface area contributed by atoms with E-state index in [-0.39, 0.29) is 0 Å². The van der Waals surface area contributed by atoms with Crippen molar-refractivity contribution in [3.63, 3.8) is 0 Å². The molecule has 0 amide bonds. The average Bonchev–Trinajstić information content (AvgIpc) is 1.68. The predicted octanol–water partition coefficient (Wildman–Crippen LogP) is 0.767. The maximum atomic E-state index is 8.03. The van der Waals surface area contributed by atoms with Crippen molar-refractivity contribution in [3.05, 3.63) is 12.2 Å². The molecule has 2 nitrogen and oxygen atoms in total. The summed E-state index contributed by atoms with van der Waals surface area (Å²) in [6, 6.07) is 1.84. The van der Waals surface area contributed by atoms with Crippen LogP contribution in [-0.2, 0) is 0 Å². The summed E-state index contributed by atoms with van der Waals surface area (Å²) in [5.74, 6) is 0. The second-order valence-electron chi connectivity index (χ2n) is 1.10. The number of rotatable bonds is 2. The standard InChI is InChI=1S/C5H6N2/c1-5(3-6)4-7-2/h1-2,4H2. The largest absolute Gasteiger partial charge is 0.295 e. The Kier molecular flexibility index (Phi) is 2.62. The fraction of sp³-hybridized carbons (Fsp3) is 0.200. The molecular formula is C5H6N2. The van der Waals surface area contributed by atoms with Gasteiger partial charge in [0.05, 0.1) is 12.6 Å². The molecule has 0 radical (unpaired) electrons. The molecule has 0 atom stereocenters. The Hall–Kier alpha value is -1.10. The van der Waals surface area contributed by atoms with Crippen LogP contribution < -0.4 is 0 Å². The van der Waals surface area contributed by atoms with Crippen molar-refractivity contribution >= 4 is 6.72 Å². The van der Waals surface area contributed by atoms with Gasteiger partial charge >= 0.3 is 0 Å². The molecule has 0 unspecified atom stereocenters. The number of hydrogen-bond donors (Lipinski definition) is 0. The van der Waals surface area contributed by atoms with Crippen LogP contribution >= 0.6 is 0 Å². The highest BCUT2D eigenvalue weighted by Gasteiger charge is 1.81. The van der Waals surface area contributed by atoms with E-state index in [1.165, 1.54) is 0 Å². The highest BCUT2D eigenvalue weighted by molar-refractivity contribution is 5.27. The second-order valence-corrected chi connectivity index (χ2v) is 1.10. The maximum absolute atomic E-state index is 8.03. The summed E-state index contributed by atoms with van der Waals surface area (Å²) in [7, 11) is 0. The van der Waals surface area contributed by atoms with E-state index < -0.39 is 0 Å². The Morgan fingerprint density at radius 3 is 2.57 bits per heavy atom. The SMILES string of the molecule is C=NCC(=C)C#N. The number of nitriles is 1. The minimum Gasteiger partial charge on any atom is -0.295 e. The Bertz CT molecular complexity index is 119. The van der Waals surface area contributed by atoms with E-state index in [1.54, 1.807) is 0 Å². The van der Waals surface area contributed by atoms with E-state index in [1.807, 2.05) is 6.07 Å². The molecule has 0 aromatic heterocycles. The molecule has 0 aromatic carbocycles. The van der Waals surface area contributed by atoms with E-state index in [2.05, 4.69) is 18.3 Å². The molecule has 0 bridgehead atoms. The number of nitrogens with zero attached hydrogens (tertiary/aromatic N) is 2. The fourth-order valence-electron chi connectivity index (χ4n) is 0.170. The molecule has 0 fully saturated rings. The summed E-state index contributed by atoms with van der Waals surface area (Å²) < 4.78 is 0. The van der Waals surface area contributed by atoms with Crippen LogP contribution in [0.25, 0.3) is 0 Å². The van der Waals surface area contributed by atoms with Crippen molar-refractivity contribution in [2.45, 2.75) is 0 Å². The lowest BCUT2D eigenvalue weighted by atomic mass is 10.3. The lowest BCUT2D eigenvalue weighted by molar-refractivity contribution is 1.21. The topological polar surface area (TPSA) is 36.1 Å². The van der Waals surface area contributed by atoms with Gasteiger partial charge in [-0.15, -0.1) is 0 Å². The molecule has 0 aliphatic heterocycles. The van der Waals surface area contributed by atoms with Gasteiger partial charge < -0.3 is 0 Å². The molecule has 36 valence electrons. The van der Waals surface area contributed by atoms with Gasteiger partial charge in [0.15, 0.2) is 0 Å². The Labute approximate surface area is 42.8 Å². The molecule has 0 spiro atoms. The lowest BCUT2D eigenvalue weighted by Crippen LogP contribution is -1.78. The van der Waals surface area contributed by atoms with E-state index >= 15 is 0 Å². The molecule has 0 heterocycles. The molecular weight excluding hydrogens is 88.1 g/mol. The van der Waals surface area contributed by atoms with Crippen LogP contribution in [0.15, 0.2) is 17.1 Å². The Morgan fingerprint density at radius 2 is 2.43 bits per heavy atom. The molecule has 0 N–H and O–H groups in total. The second kappa shape index (κ2) is 3.10. The van der Waals surface area contributed by atoms with Gasteiger partial charge in [-0.3, -0.25) is 4.99 Å². The van der Waals surface area contributed by atoms with Gasteiger partial charge in [-0.1, -0.05) is 6.58 Å². The lowest BCUT2D eigenvalue weighted by Gasteiger charge is -1.79. The normalized spacial score (nSPS) is 6.71. The van der Waals surface area contributed by atoms with Crippen LogP contribution in [0.1, 0.15) is 0 Å². The third-order valence-corrected chi connectivity index (χ3v) is 0.461. The van der Waals surface area contributed by atoms with Crippen molar-refractivity contribution < 1.29 is 0 Å². The number of hydrogen-bond acceptors (Lipinski definition) is 2. The molecule has 2 heteroatoms. The monoisotopic (exact) mass is 94.1 g/mol. The summed E-state index contributed by atoms with van der Waals surface area (Å²) in [6.45, 7) is 6.91. The van der Waals surface area contributed by atoms with E-state index in [9.17, 15) is 0 Å². The van der Waals surface area contributed by atoms with Crippen molar-refractivity contribution in [2.24, 2.45) is 4.99 Å². The zero-order valence-electron chi connectivity index (χ0n) is 4.02. The average molecular weight is 94.1 g/mol.